The molecule has 0 aliphatic heterocycles. The maximum atomic E-state index is 13.8. The first-order chi connectivity index (χ1) is 9.04. The van der Waals surface area contributed by atoms with Crippen molar-refractivity contribution in [2.75, 3.05) is 0 Å². The van der Waals surface area contributed by atoms with Crippen molar-refractivity contribution in [1.29, 1.82) is 5.26 Å². The molecule has 0 aliphatic carbocycles. The van der Waals surface area contributed by atoms with E-state index in [1.165, 1.54) is 6.07 Å². The van der Waals surface area contributed by atoms with Crippen molar-refractivity contribution in [3.8, 4) is 6.07 Å². The summed E-state index contributed by atoms with van der Waals surface area (Å²) < 4.78 is 18.8. The first-order valence-corrected chi connectivity index (χ1v) is 6.17. The van der Waals surface area contributed by atoms with E-state index < -0.39 is 11.7 Å². The molecular formula is C14H12ClFN2O. The van der Waals surface area contributed by atoms with E-state index in [-0.39, 0.29) is 6.42 Å². The van der Waals surface area contributed by atoms with Crippen LogP contribution in [0.25, 0.3) is 0 Å². The number of hydrogen-bond donors (Lipinski definition) is 0. The molecule has 0 fully saturated rings. The third-order valence-corrected chi connectivity index (χ3v) is 3.42. The maximum absolute atomic E-state index is 13.8. The molecule has 3 nitrogen and oxygen atoms in total. The second kappa shape index (κ2) is 5.41. The van der Waals surface area contributed by atoms with E-state index in [0.29, 0.717) is 27.6 Å². The van der Waals surface area contributed by atoms with Gasteiger partial charge >= 0.3 is 0 Å². The number of nitrogens with zero attached hydrogens (tertiary/aromatic N) is 2. The van der Waals surface area contributed by atoms with Crippen molar-refractivity contribution in [1.82, 2.24) is 5.16 Å². The highest BCUT2D eigenvalue weighted by molar-refractivity contribution is 6.31. The summed E-state index contributed by atoms with van der Waals surface area (Å²) in [5, 5.41) is 13.4. The van der Waals surface area contributed by atoms with Gasteiger partial charge in [0.05, 0.1) is 17.7 Å². The second-order valence-electron chi connectivity index (χ2n) is 4.32. The predicted molar refractivity (Wildman–Crippen MR) is 69.4 cm³/mol. The van der Waals surface area contributed by atoms with Gasteiger partial charge in [0.25, 0.3) is 0 Å². The van der Waals surface area contributed by atoms with Crippen LogP contribution < -0.4 is 0 Å². The van der Waals surface area contributed by atoms with Gasteiger partial charge in [-0.25, -0.2) is 4.39 Å². The Balaban J connectivity index is 2.39. The minimum absolute atomic E-state index is 0.199. The SMILES string of the molecule is Cc1noc(C)c1C(C#N)Cc1c(F)cccc1Cl. The van der Waals surface area contributed by atoms with Crippen molar-refractivity contribution >= 4 is 11.6 Å². The van der Waals surface area contributed by atoms with E-state index in [1.54, 1.807) is 26.0 Å². The number of aryl methyl sites for hydroxylation is 2. The van der Waals surface area contributed by atoms with Crippen molar-refractivity contribution in [3.05, 3.63) is 51.6 Å². The van der Waals surface area contributed by atoms with Crippen LogP contribution in [0.4, 0.5) is 4.39 Å². The van der Waals surface area contributed by atoms with Gasteiger partial charge in [-0.05, 0) is 32.4 Å². The standard InChI is InChI=1S/C14H12ClFN2O/c1-8-14(9(2)19-18-8)10(7-17)6-11-12(15)4-3-5-13(11)16/h3-5,10H,6H2,1-2H3. The first-order valence-electron chi connectivity index (χ1n) is 5.80. The summed E-state index contributed by atoms with van der Waals surface area (Å²) in [4.78, 5) is 0. The van der Waals surface area contributed by atoms with Crippen LogP contribution in [-0.4, -0.2) is 5.16 Å². The molecule has 0 amide bonds. The van der Waals surface area contributed by atoms with E-state index in [1.807, 2.05) is 0 Å². The fraction of sp³-hybridized carbons (Fsp3) is 0.286. The Hall–Kier alpha value is -1.86. The molecule has 1 aromatic heterocycles. The van der Waals surface area contributed by atoms with Crippen LogP contribution in [0.3, 0.4) is 0 Å². The lowest BCUT2D eigenvalue weighted by Gasteiger charge is -2.11. The molecule has 0 N–H and O–H groups in total. The summed E-state index contributed by atoms with van der Waals surface area (Å²) in [5.74, 6) is -0.350. The molecule has 2 aromatic rings. The molecule has 0 spiro atoms. The normalized spacial score (nSPS) is 12.2. The molecule has 0 aliphatic rings. The van der Waals surface area contributed by atoms with E-state index in [9.17, 15) is 9.65 Å². The second-order valence-corrected chi connectivity index (χ2v) is 4.73. The van der Waals surface area contributed by atoms with Gasteiger partial charge in [-0.3, -0.25) is 0 Å². The van der Waals surface area contributed by atoms with Crippen molar-refractivity contribution in [2.45, 2.75) is 26.2 Å². The van der Waals surface area contributed by atoms with E-state index in [0.717, 1.165) is 0 Å². The smallest absolute Gasteiger partial charge is 0.138 e. The summed E-state index contributed by atoms with van der Waals surface area (Å²) in [6.07, 6.45) is 0.199. The summed E-state index contributed by atoms with van der Waals surface area (Å²) in [5.41, 5.74) is 1.70. The molecule has 0 radical (unpaired) electrons. The van der Waals surface area contributed by atoms with Crippen LogP contribution in [0.15, 0.2) is 22.7 Å². The van der Waals surface area contributed by atoms with Crippen LogP contribution in [0.1, 0.15) is 28.5 Å². The minimum atomic E-state index is -0.527. The molecule has 2 rings (SSSR count). The Kier molecular flexibility index (Phi) is 3.87. The van der Waals surface area contributed by atoms with Crippen molar-refractivity contribution < 1.29 is 8.91 Å². The van der Waals surface area contributed by atoms with Gasteiger partial charge < -0.3 is 4.52 Å². The monoisotopic (exact) mass is 278 g/mol. The molecule has 0 bridgehead atoms. The Bertz CT molecular complexity index is 606. The third kappa shape index (κ3) is 2.61. The number of hydrogen-bond acceptors (Lipinski definition) is 3. The molecule has 1 unspecified atom stereocenters. The molecule has 98 valence electrons. The van der Waals surface area contributed by atoms with Gasteiger partial charge in [0.1, 0.15) is 11.6 Å². The Morgan fingerprint density at radius 3 is 2.74 bits per heavy atom. The summed E-state index contributed by atoms with van der Waals surface area (Å²) >= 11 is 5.98. The van der Waals surface area contributed by atoms with Crippen LogP contribution in [0, 0.1) is 31.0 Å². The minimum Gasteiger partial charge on any atom is -0.361 e. The molecule has 0 saturated carbocycles. The maximum Gasteiger partial charge on any atom is 0.138 e. The highest BCUT2D eigenvalue weighted by Crippen LogP contribution is 2.30. The average molecular weight is 279 g/mol. The number of nitriles is 1. The largest absolute Gasteiger partial charge is 0.361 e. The zero-order chi connectivity index (χ0) is 14.0. The fourth-order valence-electron chi connectivity index (χ4n) is 2.13. The fourth-order valence-corrected chi connectivity index (χ4v) is 2.37. The molecule has 19 heavy (non-hydrogen) atoms. The van der Waals surface area contributed by atoms with Crippen molar-refractivity contribution in [2.24, 2.45) is 0 Å². The van der Waals surface area contributed by atoms with Gasteiger partial charge in [0.15, 0.2) is 0 Å². The lowest BCUT2D eigenvalue weighted by Crippen LogP contribution is -2.05. The van der Waals surface area contributed by atoms with Gasteiger partial charge in [0, 0.05) is 16.1 Å². The molecule has 1 aromatic carbocycles. The zero-order valence-electron chi connectivity index (χ0n) is 10.6. The molecule has 1 atom stereocenters. The quantitative estimate of drug-likeness (QED) is 0.854. The molecule has 5 heteroatoms. The summed E-state index contributed by atoms with van der Waals surface area (Å²) in [6.45, 7) is 3.50. The van der Waals surface area contributed by atoms with Crippen LogP contribution in [0.2, 0.25) is 5.02 Å². The number of halogens is 2. The Morgan fingerprint density at radius 2 is 2.21 bits per heavy atom. The molecular weight excluding hydrogens is 267 g/mol. The lowest BCUT2D eigenvalue weighted by molar-refractivity contribution is 0.392. The molecule has 1 heterocycles. The summed E-state index contributed by atoms with van der Waals surface area (Å²) in [6, 6.07) is 6.65. The number of rotatable bonds is 3. The highest BCUT2D eigenvalue weighted by Gasteiger charge is 2.22. The van der Waals surface area contributed by atoms with Crippen molar-refractivity contribution in [3.63, 3.8) is 0 Å². The highest BCUT2D eigenvalue weighted by atomic mass is 35.5. The van der Waals surface area contributed by atoms with Crippen LogP contribution in [0.5, 0.6) is 0 Å². The van der Waals surface area contributed by atoms with Gasteiger partial charge in [0.2, 0.25) is 0 Å². The first kappa shape index (κ1) is 13.6. The Morgan fingerprint density at radius 1 is 1.47 bits per heavy atom. The van der Waals surface area contributed by atoms with Gasteiger partial charge in [-0.15, -0.1) is 0 Å². The van der Waals surface area contributed by atoms with Gasteiger partial charge in [-0.2, -0.15) is 5.26 Å². The van der Waals surface area contributed by atoms with E-state index in [4.69, 9.17) is 16.1 Å². The topological polar surface area (TPSA) is 49.8 Å². The number of aromatic nitrogens is 1. The lowest BCUT2D eigenvalue weighted by atomic mass is 9.92. The average Bonchev–Trinajstić information content (AvgIpc) is 2.70. The third-order valence-electron chi connectivity index (χ3n) is 3.06. The zero-order valence-corrected chi connectivity index (χ0v) is 11.3. The predicted octanol–water partition coefficient (Wildman–Crippen LogP) is 3.93. The van der Waals surface area contributed by atoms with Crippen LogP contribution >= 0.6 is 11.6 Å². The van der Waals surface area contributed by atoms with Crippen LogP contribution in [-0.2, 0) is 6.42 Å². The number of benzene rings is 1. The molecule has 0 saturated heterocycles. The van der Waals surface area contributed by atoms with Gasteiger partial charge in [-0.1, -0.05) is 22.8 Å². The summed E-state index contributed by atoms with van der Waals surface area (Å²) in [7, 11) is 0. The van der Waals surface area contributed by atoms with E-state index >= 15 is 0 Å². The van der Waals surface area contributed by atoms with E-state index in [2.05, 4.69) is 11.2 Å². The Labute approximate surface area is 115 Å².